The number of esters is 1. The molecule has 5 heteroatoms. The van der Waals surface area contributed by atoms with Crippen molar-refractivity contribution in [1.82, 2.24) is 0 Å². The van der Waals surface area contributed by atoms with E-state index in [9.17, 15) is 4.79 Å². The molecule has 1 aliphatic heterocycles. The number of rotatable bonds is 9. The lowest BCUT2D eigenvalue weighted by Gasteiger charge is -2.14. The predicted molar refractivity (Wildman–Crippen MR) is 160 cm³/mol. The first-order valence-corrected chi connectivity index (χ1v) is 13.4. The Balaban J connectivity index is 1.23. The lowest BCUT2D eigenvalue weighted by molar-refractivity contribution is -0.129. The highest BCUT2D eigenvalue weighted by Gasteiger charge is 2.24. The van der Waals surface area contributed by atoms with Gasteiger partial charge in [0.25, 0.3) is 0 Å². The number of carbonyl (C=O) groups is 1. The van der Waals surface area contributed by atoms with Gasteiger partial charge in [-0.2, -0.15) is 0 Å². The minimum absolute atomic E-state index is 0.221. The van der Waals surface area contributed by atoms with Gasteiger partial charge in [0.2, 0.25) is 5.90 Å². The van der Waals surface area contributed by atoms with E-state index in [1.54, 1.807) is 6.08 Å². The molecule has 0 fully saturated rings. The molecule has 0 N–H and O–H groups in total. The number of hydrogen-bond acceptors (Lipinski definition) is 5. The maximum Gasteiger partial charge on any atom is 0.363 e. The van der Waals surface area contributed by atoms with Crippen molar-refractivity contribution in [1.29, 1.82) is 0 Å². The van der Waals surface area contributed by atoms with Crippen LogP contribution in [0.2, 0.25) is 0 Å². The van der Waals surface area contributed by atoms with Crippen LogP contribution < -0.4 is 9.47 Å². The lowest BCUT2D eigenvalue weighted by Crippen LogP contribution is -2.05. The molecule has 0 bridgehead atoms. The molecule has 5 nitrogen and oxygen atoms in total. The van der Waals surface area contributed by atoms with Crippen LogP contribution in [0.3, 0.4) is 0 Å². The molecule has 1 aliphatic rings. The standard InChI is InChI=1S/C36H27NO4/c38-36-32(37-35(41-36)31-19-17-30(18-20-31)29-14-8-3-9-15-29)22-28-16-21-33(39-24-26-10-4-1-5-11-26)34(23-28)40-25-27-12-6-2-7-13-27/h1-23H,24-25H2/b32-22-. The second-order valence-electron chi connectivity index (χ2n) is 9.53. The Morgan fingerprint density at radius 3 is 1.76 bits per heavy atom. The monoisotopic (exact) mass is 537 g/mol. The molecule has 0 aromatic heterocycles. The van der Waals surface area contributed by atoms with Crippen LogP contribution >= 0.6 is 0 Å². The minimum Gasteiger partial charge on any atom is -0.485 e. The molecule has 1 heterocycles. The molecular weight excluding hydrogens is 510 g/mol. The van der Waals surface area contributed by atoms with Crippen molar-refractivity contribution in [2.45, 2.75) is 13.2 Å². The predicted octanol–water partition coefficient (Wildman–Crippen LogP) is 7.86. The van der Waals surface area contributed by atoms with Crippen molar-refractivity contribution in [3.63, 3.8) is 0 Å². The molecule has 200 valence electrons. The van der Waals surface area contributed by atoms with Gasteiger partial charge in [0, 0.05) is 5.56 Å². The number of nitrogens with zero attached hydrogens (tertiary/aromatic N) is 1. The van der Waals surface area contributed by atoms with E-state index in [0.29, 0.717) is 24.7 Å². The Kier molecular flexibility index (Phi) is 7.68. The molecule has 0 radical (unpaired) electrons. The average molecular weight is 538 g/mol. The third-order valence-corrected chi connectivity index (χ3v) is 6.60. The maximum absolute atomic E-state index is 12.7. The van der Waals surface area contributed by atoms with E-state index >= 15 is 0 Å². The summed E-state index contributed by atoms with van der Waals surface area (Å²) in [5, 5.41) is 0. The highest BCUT2D eigenvalue weighted by molar-refractivity contribution is 6.13. The summed E-state index contributed by atoms with van der Waals surface area (Å²) in [5.41, 5.74) is 5.99. The van der Waals surface area contributed by atoms with Gasteiger partial charge in [-0.1, -0.05) is 109 Å². The number of cyclic esters (lactones) is 1. The average Bonchev–Trinajstić information content (AvgIpc) is 3.40. The van der Waals surface area contributed by atoms with Gasteiger partial charge in [-0.05, 0) is 58.2 Å². The molecule has 41 heavy (non-hydrogen) atoms. The third-order valence-electron chi connectivity index (χ3n) is 6.60. The van der Waals surface area contributed by atoms with E-state index in [0.717, 1.165) is 33.4 Å². The SMILES string of the molecule is O=C1OC(c2ccc(-c3ccccc3)cc2)=N/C1=C\c1ccc(OCc2ccccc2)c(OCc2ccccc2)c1. The zero-order valence-corrected chi connectivity index (χ0v) is 22.3. The smallest absolute Gasteiger partial charge is 0.363 e. The first kappa shape index (κ1) is 25.8. The van der Waals surface area contributed by atoms with Gasteiger partial charge in [-0.25, -0.2) is 9.79 Å². The second kappa shape index (κ2) is 12.2. The van der Waals surface area contributed by atoms with Crippen molar-refractivity contribution in [2.75, 3.05) is 0 Å². The highest BCUT2D eigenvalue weighted by atomic mass is 16.6. The van der Waals surface area contributed by atoms with Crippen LogP contribution in [0.1, 0.15) is 22.3 Å². The summed E-state index contributed by atoms with van der Waals surface area (Å²) < 4.78 is 17.8. The van der Waals surface area contributed by atoms with Gasteiger partial charge in [-0.15, -0.1) is 0 Å². The lowest BCUT2D eigenvalue weighted by atomic mass is 10.0. The van der Waals surface area contributed by atoms with Crippen molar-refractivity contribution < 1.29 is 19.0 Å². The fourth-order valence-electron chi connectivity index (χ4n) is 4.44. The summed E-state index contributed by atoms with van der Waals surface area (Å²) in [5.74, 6) is 0.974. The first-order chi connectivity index (χ1) is 20.2. The molecule has 0 atom stereocenters. The molecule has 0 saturated heterocycles. The number of aliphatic imine (C=N–C) groups is 1. The van der Waals surface area contributed by atoms with E-state index in [4.69, 9.17) is 14.2 Å². The first-order valence-electron chi connectivity index (χ1n) is 13.4. The molecule has 0 saturated carbocycles. The molecule has 0 aliphatic carbocycles. The molecule has 0 amide bonds. The molecule has 0 spiro atoms. The normalized spacial score (nSPS) is 13.5. The van der Waals surface area contributed by atoms with Crippen LogP contribution in [0.25, 0.3) is 17.2 Å². The minimum atomic E-state index is -0.497. The Morgan fingerprint density at radius 2 is 1.12 bits per heavy atom. The fraction of sp³-hybridized carbons (Fsp3) is 0.0556. The van der Waals surface area contributed by atoms with Gasteiger partial charge in [-0.3, -0.25) is 0 Å². The van der Waals surface area contributed by atoms with Crippen LogP contribution in [0.15, 0.2) is 144 Å². The summed E-state index contributed by atoms with van der Waals surface area (Å²) in [6, 6.07) is 43.4. The molecular formula is C36H27NO4. The highest BCUT2D eigenvalue weighted by Crippen LogP contribution is 2.32. The van der Waals surface area contributed by atoms with E-state index in [-0.39, 0.29) is 11.6 Å². The summed E-state index contributed by atoms with van der Waals surface area (Å²) in [6.45, 7) is 0.790. The van der Waals surface area contributed by atoms with E-state index in [1.165, 1.54) is 0 Å². The Morgan fingerprint density at radius 1 is 0.585 bits per heavy atom. The van der Waals surface area contributed by atoms with Crippen molar-refractivity contribution in [3.05, 3.63) is 161 Å². The van der Waals surface area contributed by atoms with Crippen LogP contribution in [0.4, 0.5) is 0 Å². The van der Waals surface area contributed by atoms with Crippen molar-refractivity contribution in [3.8, 4) is 22.6 Å². The number of hydrogen-bond donors (Lipinski definition) is 0. The van der Waals surface area contributed by atoms with Gasteiger partial charge < -0.3 is 14.2 Å². The van der Waals surface area contributed by atoms with Crippen molar-refractivity contribution >= 4 is 17.9 Å². The van der Waals surface area contributed by atoms with Crippen LogP contribution in [-0.4, -0.2) is 11.9 Å². The van der Waals surface area contributed by atoms with Crippen LogP contribution in [0, 0.1) is 0 Å². The zero-order valence-electron chi connectivity index (χ0n) is 22.3. The molecule has 6 rings (SSSR count). The number of benzene rings is 5. The van der Waals surface area contributed by atoms with Gasteiger partial charge >= 0.3 is 5.97 Å². The third kappa shape index (κ3) is 6.43. The zero-order chi connectivity index (χ0) is 27.9. The Bertz CT molecular complexity index is 1690. The van der Waals surface area contributed by atoms with E-state index in [1.807, 2.05) is 121 Å². The van der Waals surface area contributed by atoms with Gasteiger partial charge in [0.05, 0.1) is 0 Å². The largest absolute Gasteiger partial charge is 0.485 e. The fourth-order valence-corrected chi connectivity index (χ4v) is 4.44. The summed E-state index contributed by atoms with van der Waals surface area (Å²) >= 11 is 0. The van der Waals surface area contributed by atoms with Crippen LogP contribution in [-0.2, 0) is 22.7 Å². The van der Waals surface area contributed by atoms with E-state index in [2.05, 4.69) is 17.1 Å². The molecule has 5 aromatic rings. The maximum atomic E-state index is 12.7. The van der Waals surface area contributed by atoms with Gasteiger partial charge in [0.15, 0.2) is 17.2 Å². The van der Waals surface area contributed by atoms with Crippen molar-refractivity contribution in [2.24, 2.45) is 4.99 Å². The Labute approximate surface area is 239 Å². The second-order valence-corrected chi connectivity index (χ2v) is 9.53. The quantitative estimate of drug-likeness (QED) is 0.142. The summed E-state index contributed by atoms with van der Waals surface area (Å²) in [7, 11) is 0. The van der Waals surface area contributed by atoms with E-state index < -0.39 is 5.97 Å². The number of carbonyl (C=O) groups excluding carboxylic acids is 1. The summed E-state index contributed by atoms with van der Waals surface area (Å²) in [4.78, 5) is 17.2. The van der Waals surface area contributed by atoms with Gasteiger partial charge in [0.1, 0.15) is 13.2 Å². The summed E-state index contributed by atoms with van der Waals surface area (Å²) in [6.07, 6.45) is 1.70. The van der Waals surface area contributed by atoms with Crippen LogP contribution in [0.5, 0.6) is 11.5 Å². The number of ether oxygens (including phenoxy) is 3. The topological polar surface area (TPSA) is 57.1 Å². The molecule has 5 aromatic carbocycles. The Hall–Kier alpha value is -5.42. The molecule has 0 unspecified atom stereocenters.